The lowest BCUT2D eigenvalue weighted by Crippen LogP contribution is -2.51. The zero-order valence-corrected chi connectivity index (χ0v) is 34.2. The van der Waals surface area contributed by atoms with Crippen LogP contribution in [0.4, 0.5) is 11.6 Å². The molecule has 58 heavy (non-hydrogen) atoms. The molecule has 1 aromatic carbocycles. The molecule has 0 amide bonds. The molecule has 17 heteroatoms. The second-order valence-electron chi connectivity index (χ2n) is 14.8. The Bertz CT molecular complexity index is 1820. The van der Waals surface area contributed by atoms with E-state index in [0.717, 1.165) is 49.9 Å². The number of nitrogens with zero attached hydrogens (tertiary/aromatic N) is 9. The Kier molecular flexibility index (Phi) is 16.6. The molecule has 4 heterocycles. The fourth-order valence-corrected chi connectivity index (χ4v) is 7.37. The predicted octanol–water partition coefficient (Wildman–Crippen LogP) is 5.07. The molecule has 0 radical (unpaired) electrons. The van der Waals surface area contributed by atoms with Gasteiger partial charge in [0.05, 0.1) is 82.8 Å². The molecule has 6 rings (SSSR count). The number of ether oxygens (including phenoxy) is 7. The summed E-state index contributed by atoms with van der Waals surface area (Å²) >= 11 is 0. The number of aromatic nitrogens is 7. The normalized spacial score (nSPS) is 20.4. The highest BCUT2D eigenvalue weighted by Gasteiger charge is 2.32. The van der Waals surface area contributed by atoms with Crippen molar-refractivity contribution < 1.29 is 33.2 Å². The minimum absolute atomic E-state index is 0.244. The lowest BCUT2D eigenvalue weighted by Gasteiger charge is -2.42. The van der Waals surface area contributed by atoms with Gasteiger partial charge in [-0.25, -0.2) is 19.6 Å². The second-order valence-corrected chi connectivity index (χ2v) is 14.8. The maximum atomic E-state index is 9.74. The first-order valence-corrected chi connectivity index (χ1v) is 20.3. The van der Waals surface area contributed by atoms with Crippen LogP contribution in [0.5, 0.6) is 11.6 Å². The summed E-state index contributed by atoms with van der Waals surface area (Å²) in [5, 5.41) is 22.2. The van der Waals surface area contributed by atoms with Gasteiger partial charge in [0.15, 0.2) is 0 Å². The number of benzene rings is 1. The third kappa shape index (κ3) is 12.9. The molecule has 3 aromatic heterocycles. The van der Waals surface area contributed by atoms with Crippen LogP contribution in [0.3, 0.4) is 0 Å². The number of anilines is 2. The fourth-order valence-electron chi connectivity index (χ4n) is 7.37. The molecule has 0 bridgehead atoms. The zero-order valence-electron chi connectivity index (χ0n) is 34.2. The van der Waals surface area contributed by atoms with Crippen LogP contribution in [-0.4, -0.2) is 137 Å². The van der Waals surface area contributed by atoms with Gasteiger partial charge in [0, 0.05) is 57.2 Å². The number of nitriles is 1. The van der Waals surface area contributed by atoms with E-state index in [4.69, 9.17) is 38.3 Å². The van der Waals surface area contributed by atoms with Crippen molar-refractivity contribution in [1.29, 1.82) is 5.26 Å². The Hall–Kier alpha value is -4.70. The van der Waals surface area contributed by atoms with E-state index in [-0.39, 0.29) is 24.4 Å². The first-order chi connectivity index (χ1) is 28.4. The average molecular weight is 803 g/mol. The van der Waals surface area contributed by atoms with Gasteiger partial charge in [0.25, 0.3) is 5.88 Å². The van der Waals surface area contributed by atoms with E-state index >= 15 is 0 Å². The van der Waals surface area contributed by atoms with Crippen molar-refractivity contribution in [2.45, 2.75) is 89.8 Å². The highest BCUT2D eigenvalue weighted by atomic mass is 16.6. The van der Waals surface area contributed by atoms with Gasteiger partial charge in [-0.3, -0.25) is 9.58 Å². The summed E-state index contributed by atoms with van der Waals surface area (Å²) in [7, 11) is 1.65. The van der Waals surface area contributed by atoms with Crippen molar-refractivity contribution in [3.63, 3.8) is 0 Å². The average Bonchev–Trinajstić information content (AvgIpc) is 3.89. The molecule has 17 nitrogen and oxygen atoms in total. The van der Waals surface area contributed by atoms with E-state index in [9.17, 15) is 5.26 Å². The molecule has 1 aliphatic carbocycles. The number of hydrogen-bond acceptors (Lipinski definition) is 15. The quantitative estimate of drug-likeness (QED) is 0.0983. The molecule has 1 aliphatic heterocycles. The highest BCUT2D eigenvalue weighted by Crippen LogP contribution is 2.35. The number of hydrogen-bond donors (Lipinski definition) is 1. The van der Waals surface area contributed by atoms with E-state index in [1.807, 2.05) is 29.9 Å². The number of nitrogens with one attached hydrogen (secondary N) is 1. The van der Waals surface area contributed by atoms with E-state index in [1.54, 1.807) is 36.6 Å². The second kappa shape index (κ2) is 22.4. The maximum absolute atomic E-state index is 9.74. The smallest absolute Gasteiger partial charge is 0.256 e. The Labute approximate surface area is 340 Å². The van der Waals surface area contributed by atoms with Crippen molar-refractivity contribution in [1.82, 2.24) is 39.4 Å². The van der Waals surface area contributed by atoms with Crippen LogP contribution in [0, 0.1) is 11.3 Å². The van der Waals surface area contributed by atoms with Crippen LogP contribution in [0.2, 0.25) is 0 Å². The number of methoxy groups -OCH3 is 1. The Morgan fingerprint density at radius 1 is 0.897 bits per heavy atom. The van der Waals surface area contributed by atoms with Gasteiger partial charge in [-0.15, -0.1) is 5.10 Å². The zero-order chi connectivity index (χ0) is 40.5. The van der Waals surface area contributed by atoms with E-state index < -0.39 is 0 Å². The summed E-state index contributed by atoms with van der Waals surface area (Å²) in [6.07, 6.45) is 13.8. The van der Waals surface area contributed by atoms with E-state index in [2.05, 4.69) is 50.2 Å². The number of morpholine rings is 1. The third-order valence-electron chi connectivity index (χ3n) is 10.1. The van der Waals surface area contributed by atoms with Gasteiger partial charge >= 0.3 is 0 Å². The topological polar surface area (TPSA) is 178 Å². The Morgan fingerprint density at radius 2 is 1.59 bits per heavy atom. The molecule has 1 saturated carbocycles. The summed E-state index contributed by atoms with van der Waals surface area (Å²) < 4.78 is 43.8. The minimum Gasteiger partial charge on any atom is -0.487 e. The highest BCUT2D eigenvalue weighted by molar-refractivity contribution is 5.67. The molecule has 0 unspecified atom stereocenters. The third-order valence-corrected chi connectivity index (χ3v) is 10.1. The molecule has 2 aliphatic rings. The van der Waals surface area contributed by atoms with Gasteiger partial charge < -0.3 is 38.5 Å². The number of rotatable bonds is 23. The van der Waals surface area contributed by atoms with Crippen LogP contribution in [-0.2, 0) is 30.2 Å². The standard InChI is InChI=1S/C41H58N10O7/c1-30-24-49(25-31(2)57-30)36-8-10-37(11-9-36)51-27-38(40(48-51)56-13-5-12-53-16-17-55-19-18-54-15-14-52-4)47-41-44-22-35(23-45-41)33-6-7-34(21-42)39(20-33)58-32(3)26-50-29-43-28-46-50/h6-7,20,22-23,27-32,36-37H,5,8-19,24-26H2,1-4H3,(H,44,45,47)/t30-,31+,32-,36?,37?/m0/s1. The minimum atomic E-state index is -0.244. The first-order valence-electron chi connectivity index (χ1n) is 20.3. The summed E-state index contributed by atoms with van der Waals surface area (Å²) in [6, 6.07) is 8.48. The van der Waals surface area contributed by atoms with Crippen molar-refractivity contribution in [3.05, 3.63) is 55.0 Å². The van der Waals surface area contributed by atoms with E-state index in [1.165, 1.54) is 6.33 Å². The van der Waals surface area contributed by atoms with Crippen LogP contribution < -0.4 is 14.8 Å². The lowest BCUT2D eigenvalue weighted by atomic mass is 9.89. The van der Waals surface area contributed by atoms with Gasteiger partial charge in [-0.1, -0.05) is 6.07 Å². The summed E-state index contributed by atoms with van der Waals surface area (Å²) in [5.41, 5.74) is 2.73. The fraction of sp³-hybridized carbons (Fsp3) is 0.610. The van der Waals surface area contributed by atoms with Gasteiger partial charge in [-0.2, -0.15) is 10.4 Å². The van der Waals surface area contributed by atoms with Crippen LogP contribution >= 0.6 is 0 Å². The SMILES string of the molecule is COCCOCCOCCOCCCOc1nn(C2CCC(N3C[C@@H](C)O[C@@H](C)C3)CC2)cc1Nc1ncc(-c2ccc(C#N)c(O[C@@H](C)Cn3cncn3)c2)cn1. The van der Waals surface area contributed by atoms with Crippen LogP contribution in [0.15, 0.2) is 49.4 Å². The van der Waals surface area contributed by atoms with Crippen molar-refractivity contribution >= 4 is 11.6 Å². The lowest BCUT2D eigenvalue weighted by molar-refractivity contribution is -0.0852. The van der Waals surface area contributed by atoms with Gasteiger partial charge in [0.2, 0.25) is 5.95 Å². The molecule has 1 N–H and O–H groups in total. The molecule has 3 atom stereocenters. The summed E-state index contributed by atoms with van der Waals surface area (Å²) in [5.74, 6) is 1.38. The van der Waals surface area contributed by atoms with Crippen molar-refractivity contribution in [3.8, 4) is 28.8 Å². The monoisotopic (exact) mass is 802 g/mol. The van der Waals surface area contributed by atoms with Gasteiger partial charge in [-0.05, 0) is 64.2 Å². The van der Waals surface area contributed by atoms with E-state index in [0.29, 0.717) is 101 Å². The summed E-state index contributed by atoms with van der Waals surface area (Å²) in [6.45, 7) is 12.9. The van der Waals surface area contributed by atoms with Crippen LogP contribution in [0.25, 0.3) is 11.1 Å². The molecule has 1 saturated heterocycles. The Balaban J connectivity index is 1.06. The van der Waals surface area contributed by atoms with Gasteiger partial charge in [0.1, 0.15) is 36.3 Å². The predicted molar refractivity (Wildman–Crippen MR) is 215 cm³/mol. The molecule has 4 aromatic rings. The van der Waals surface area contributed by atoms with Crippen LogP contribution in [0.1, 0.15) is 64.5 Å². The van der Waals surface area contributed by atoms with Crippen molar-refractivity contribution in [2.75, 3.05) is 78.4 Å². The Morgan fingerprint density at radius 3 is 2.26 bits per heavy atom. The molecular formula is C41H58N10O7. The molecular weight excluding hydrogens is 745 g/mol. The summed E-state index contributed by atoms with van der Waals surface area (Å²) in [4.78, 5) is 15.9. The molecule has 0 spiro atoms. The molecule has 314 valence electrons. The van der Waals surface area contributed by atoms with Crippen molar-refractivity contribution in [2.24, 2.45) is 0 Å². The first kappa shape index (κ1) is 42.9. The maximum Gasteiger partial charge on any atom is 0.256 e. The molecule has 2 fully saturated rings. The largest absolute Gasteiger partial charge is 0.487 e.